The van der Waals surface area contributed by atoms with Crippen LogP contribution in [-0.4, -0.2) is 11.2 Å². The second kappa shape index (κ2) is 6.29. The molecule has 0 radical (unpaired) electrons. The molecule has 2 heteroatoms. The fraction of sp³-hybridized carbons (Fsp3) is 0.692. The van der Waals surface area contributed by atoms with Gasteiger partial charge >= 0.3 is 0 Å². The Kier molecular flexibility index (Phi) is 5.34. The molecule has 1 aromatic heterocycles. The normalized spacial score (nSPS) is 13.1. The third-order valence-corrected chi connectivity index (χ3v) is 3.99. The summed E-state index contributed by atoms with van der Waals surface area (Å²) in [4.78, 5) is 2.97. The molecule has 86 valence electrons. The Morgan fingerprint density at radius 1 is 1.40 bits per heavy atom. The predicted octanol–water partition coefficient (Wildman–Crippen LogP) is 3.71. The number of hydrogen-bond acceptors (Lipinski definition) is 2. The van der Waals surface area contributed by atoms with Crippen molar-refractivity contribution < 1.29 is 5.11 Å². The third-order valence-electron chi connectivity index (χ3n) is 2.64. The van der Waals surface area contributed by atoms with Gasteiger partial charge in [-0.25, -0.2) is 0 Å². The van der Waals surface area contributed by atoms with Crippen molar-refractivity contribution in [1.29, 1.82) is 0 Å². The number of aryl methyl sites for hydroxylation is 3. The molecule has 15 heavy (non-hydrogen) atoms. The monoisotopic (exact) mass is 226 g/mol. The molecular formula is C13H22OS. The van der Waals surface area contributed by atoms with Gasteiger partial charge in [0.1, 0.15) is 0 Å². The maximum absolute atomic E-state index is 9.26. The van der Waals surface area contributed by atoms with Crippen LogP contribution in [0, 0.1) is 6.92 Å². The lowest BCUT2D eigenvalue weighted by atomic mass is 10.1. The van der Waals surface area contributed by atoms with Crippen molar-refractivity contribution in [2.45, 2.75) is 59.0 Å². The molecule has 1 atom stereocenters. The zero-order chi connectivity index (χ0) is 11.3. The summed E-state index contributed by atoms with van der Waals surface area (Å²) in [7, 11) is 0. The number of rotatable bonds is 6. The summed E-state index contributed by atoms with van der Waals surface area (Å²) >= 11 is 1.93. The largest absolute Gasteiger partial charge is 0.393 e. The van der Waals surface area contributed by atoms with E-state index in [0.717, 1.165) is 12.8 Å². The molecule has 0 aliphatic rings. The third kappa shape index (κ3) is 4.35. The fourth-order valence-electron chi connectivity index (χ4n) is 1.65. The van der Waals surface area contributed by atoms with Crippen LogP contribution in [0.2, 0.25) is 0 Å². The van der Waals surface area contributed by atoms with Crippen LogP contribution < -0.4 is 0 Å². The smallest absolute Gasteiger partial charge is 0.0515 e. The van der Waals surface area contributed by atoms with E-state index in [1.165, 1.54) is 34.6 Å². The summed E-state index contributed by atoms with van der Waals surface area (Å²) in [5.41, 5.74) is 1.41. The van der Waals surface area contributed by atoms with Gasteiger partial charge in [-0.1, -0.05) is 13.3 Å². The zero-order valence-electron chi connectivity index (χ0n) is 10.0. The highest BCUT2D eigenvalue weighted by Crippen LogP contribution is 2.25. The van der Waals surface area contributed by atoms with E-state index in [1.54, 1.807) is 0 Å². The summed E-state index contributed by atoms with van der Waals surface area (Å²) in [6.45, 7) is 6.28. The lowest BCUT2D eigenvalue weighted by Crippen LogP contribution is -2.00. The van der Waals surface area contributed by atoms with E-state index in [0.29, 0.717) is 0 Å². The standard InChI is InChI=1S/C13H22OS/c1-4-5-6-12-9-10(2)13(15-12)8-7-11(3)14/h9,11,14H,4-8H2,1-3H3. The lowest BCUT2D eigenvalue weighted by Gasteiger charge is -2.02. The van der Waals surface area contributed by atoms with E-state index < -0.39 is 0 Å². The van der Waals surface area contributed by atoms with Gasteiger partial charge < -0.3 is 5.11 Å². The molecule has 0 spiro atoms. The molecule has 1 unspecified atom stereocenters. The molecule has 1 aromatic rings. The molecule has 0 amide bonds. The van der Waals surface area contributed by atoms with E-state index in [2.05, 4.69) is 19.9 Å². The summed E-state index contributed by atoms with van der Waals surface area (Å²) < 4.78 is 0. The lowest BCUT2D eigenvalue weighted by molar-refractivity contribution is 0.185. The van der Waals surface area contributed by atoms with Crippen LogP contribution in [0.25, 0.3) is 0 Å². The Morgan fingerprint density at radius 2 is 2.13 bits per heavy atom. The first-order valence-corrected chi connectivity index (χ1v) is 6.71. The van der Waals surface area contributed by atoms with Gasteiger partial charge in [-0.2, -0.15) is 0 Å². The van der Waals surface area contributed by atoms with Crippen LogP contribution >= 0.6 is 11.3 Å². The van der Waals surface area contributed by atoms with E-state index in [4.69, 9.17) is 0 Å². The van der Waals surface area contributed by atoms with Crippen LogP contribution in [0.5, 0.6) is 0 Å². The molecule has 1 N–H and O–H groups in total. The average Bonchev–Trinajstić information content (AvgIpc) is 2.53. The number of thiophene rings is 1. The predicted molar refractivity (Wildman–Crippen MR) is 67.7 cm³/mol. The minimum atomic E-state index is -0.175. The number of hydrogen-bond donors (Lipinski definition) is 1. The zero-order valence-corrected chi connectivity index (χ0v) is 10.9. The van der Waals surface area contributed by atoms with Crippen molar-refractivity contribution in [3.63, 3.8) is 0 Å². The SMILES string of the molecule is CCCCc1cc(C)c(CCC(C)O)s1. The highest BCUT2D eigenvalue weighted by atomic mass is 32.1. The minimum absolute atomic E-state index is 0.175. The van der Waals surface area contributed by atoms with E-state index in [1.807, 2.05) is 18.3 Å². The van der Waals surface area contributed by atoms with Gasteiger partial charge in [0.2, 0.25) is 0 Å². The second-order valence-corrected chi connectivity index (χ2v) is 5.53. The van der Waals surface area contributed by atoms with Crippen LogP contribution in [0.3, 0.4) is 0 Å². The quantitative estimate of drug-likeness (QED) is 0.784. The first-order chi connectivity index (χ1) is 7.13. The molecule has 0 saturated heterocycles. The molecule has 0 fully saturated rings. The van der Waals surface area contributed by atoms with Gasteiger partial charge in [-0.3, -0.25) is 0 Å². The molecule has 0 aliphatic carbocycles. The molecule has 0 bridgehead atoms. The Morgan fingerprint density at radius 3 is 2.73 bits per heavy atom. The Labute approximate surface area is 97.2 Å². The minimum Gasteiger partial charge on any atom is -0.393 e. The molecular weight excluding hydrogens is 204 g/mol. The molecule has 0 saturated carbocycles. The summed E-state index contributed by atoms with van der Waals surface area (Å²) in [5.74, 6) is 0. The van der Waals surface area contributed by atoms with Crippen molar-refractivity contribution in [1.82, 2.24) is 0 Å². The second-order valence-electron chi connectivity index (χ2n) is 4.31. The molecule has 0 aromatic carbocycles. The van der Waals surface area contributed by atoms with E-state index in [-0.39, 0.29) is 6.10 Å². The molecule has 0 aliphatic heterocycles. The maximum atomic E-state index is 9.26. The topological polar surface area (TPSA) is 20.2 Å². The van der Waals surface area contributed by atoms with Crippen LogP contribution in [0.1, 0.15) is 48.4 Å². The van der Waals surface area contributed by atoms with Crippen molar-refractivity contribution in [2.24, 2.45) is 0 Å². The number of aliphatic hydroxyl groups is 1. The Balaban J connectivity index is 2.52. The highest BCUT2D eigenvalue weighted by Gasteiger charge is 2.06. The first-order valence-electron chi connectivity index (χ1n) is 5.89. The van der Waals surface area contributed by atoms with Crippen LogP contribution in [0.4, 0.5) is 0 Å². The van der Waals surface area contributed by atoms with Crippen molar-refractivity contribution in [3.05, 3.63) is 21.4 Å². The van der Waals surface area contributed by atoms with Crippen molar-refractivity contribution in [3.8, 4) is 0 Å². The number of aliphatic hydroxyl groups excluding tert-OH is 1. The van der Waals surface area contributed by atoms with Gasteiger partial charge in [-0.05, 0) is 51.2 Å². The molecule has 1 heterocycles. The van der Waals surface area contributed by atoms with E-state index >= 15 is 0 Å². The van der Waals surface area contributed by atoms with Crippen LogP contribution in [0.15, 0.2) is 6.07 Å². The molecule has 1 rings (SSSR count). The first kappa shape index (κ1) is 12.7. The summed E-state index contributed by atoms with van der Waals surface area (Å²) in [5, 5.41) is 9.26. The average molecular weight is 226 g/mol. The Bertz CT molecular complexity index is 289. The van der Waals surface area contributed by atoms with Gasteiger partial charge in [0.05, 0.1) is 6.10 Å². The summed E-state index contributed by atoms with van der Waals surface area (Å²) in [6, 6.07) is 2.32. The summed E-state index contributed by atoms with van der Waals surface area (Å²) in [6.07, 6.45) is 5.51. The van der Waals surface area contributed by atoms with E-state index in [9.17, 15) is 5.11 Å². The van der Waals surface area contributed by atoms with Gasteiger partial charge in [0.25, 0.3) is 0 Å². The maximum Gasteiger partial charge on any atom is 0.0515 e. The fourth-order valence-corrected chi connectivity index (χ4v) is 2.89. The van der Waals surface area contributed by atoms with Gasteiger partial charge in [0, 0.05) is 9.75 Å². The van der Waals surface area contributed by atoms with Crippen LogP contribution in [-0.2, 0) is 12.8 Å². The number of unbranched alkanes of at least 4 members (excludes halogenated alkanes) is 1. The molecule has 1 nitrogen and oxygen atoms in total. The van der Waals surface area contributed by atoms with Crippen molar-refractivity contribution >= 4 is 11.3 Å². The van der Waals surface area contributed by atoms with Gasteiger partial charge in [-0.15, -0.1) is 11.3 Å². The van der Waals surface area contributed by atoms with Gasteiger partial charge in [0.15, 0.2) is 0 Å². The van der Waals surface area contributed by atoms with Crippen molar-refractivity contribution in [2.75, 3.05) is 0 Å². The Hall–Kier alpha value is -0.340. The highest BCUT2D eigenvalue weighted by molar-refractivity contribution is 7.12.